The van der Waals surface area contributed by atoms with Crippen LogP contribution in [0, 0.1) is 0 Å². The third-order valence-corrected chi connectivity index (χ3v) is 11.4. The summed E-state index contributed by atoms with van der Waals surface area (Å²) in [6.07, 6.45) is -1.97. The summed E-state index contributed by atoms with van der Waals surface area (Å²) in [6.45, 7) is 1.62. The van der Waals surface area contributed by atoms with E-state index in [1.54, 1.807) is 0 Å². The van der Waals surface area contributed by atoms with Crippen molar-refractivity contribution in [2.24, 2.45) is 0 Å². The van der Waals surface area contributed by atoms with E-state index in [9.17, 15) is 87.9 Å². The van der Waals surface area contributed by atoms with Gasteiger partial charge in [-0.1, -0.05) is 0 Å². The monoisotopic (exact) mass is 1050 g/mol. The first kappa shape index (κ1) is 56.5. The van der Waals surface area contributed by atoms with Gasteiger partial charge in [-0.3, -0.25) is 62.3 Å². The van der Waals surface area contributed by atoms with Crippen LogP contribution in [0.1, 0.15) is 84.0 Å². The van der Waals surface area contributed by atoms with Crippen molar-refractivity contribution in [3.8, 4) is 0 Å². The molecule has 0 aliphatic heterocycles. The zero-order valence-electron chi connectivity index (χ0n) is 37.2. The summed E-state index contributed by atoms with van der Waals surface area (Å²) in [5.74, 6) is -19.4. The number of carboxylic acids is 6. The Morgan fingerprint density at radius 2 is 0.857 bits per heavy atom. The molecular formula is C41H51N9O19Se. The topological polar surface area (TPSA) is 446 Å². The Hall–Kier alpha value is -7.81. The van der Waals surface area contributed by atoms with Gasteiger partial charge in [0, 0.05) is 0 Å². The molecule has 12 N–H and O–H groups in total. The van der Waals surface area contributed by atoms with E-state index in [-0.39, 0.29) is 21.4 Å². The number of nitrogens with zero attached hydrogens (tertiary/aromatic N) is 3. The number of benzene rings is 1. The van der Waals surface area contributed by atoms with E-state index >= 15 is 0 Å². The van der Waals surface area contributed by atoms with Gasteiger partial charge in [0.05, 0.1) is 44.6 Å². The van der Waals surface area contributed by atoms with Crippen LogP contribution >= 0.6 is 0 Å². The Morgan fingerprint density at radius 3 is 1.27 bits per heavy atom. The molecule has 2 aromatic heterocycles. The minimum atomic E-state index is -2.27. The summed E-state index contributed by atoms with van der Waals surface area (Å²) in [5.41, 5.74) is 2.77. The number of nitrogens with one attached hydrogen (secondary N) is 6. The number of aliphatic carboxylic acids is 6. The van der Waals surface area contributed by atoms with Crippen molar-refractivity contribution in [2.75, 3.05) is 0 Å². The van der Waals surface area contributed by atoms with Gasteiger partial charge in [0.25, 0.3) is 0 Å². The number of rotatable bonds is 32. The van der Waals surface area contributed by atoms with Crippen LogP contribution in [0.15, 0.2) is 24.4 Å². The Kier molecular flexibility index (Phi) is 22.0. The molecule has 6 amide bonds. The van der Waals surface area contributed by atoms with Crippen LogP contribution in [0.3, 0.4) is 0 Å². The van der Waals surface area contributed by atoms with Gasteiger partial charge in [0.2, 0.25) is 29.5 Å². The average Bonchev–Trinajstić information content (AvgIpc) is 3.90. The number of amides is 6. The number of unbranched alkanes of at least 4 members (excludes halogenated alkanes) is 4. The van der Waals surface area contributed by atoms with E-state index in [4.69, 9.17) is 5.11 Å². The maximum absolute atomic E-state index is 13.4. The van der Waals surface area contributed by atoms with E-state index in [1.165, 1.54) is 0 Å². The summed E-state index contributed by atoms with van der Waals surface area (Å²) in [5, 5.41) is 69.1. The fourth-order valence-corrected chi connectivity index (χ4v) is 7.97. The van der Waals surface area contributed by atoms with Crippen LogP contribution in [0.4, 0.5) is 0 Å². The summed E-state index contributed by atoms with van der Waals surface area (Å²) in [4.78, 5) is 160. The third-order valence-electron chi connectivity index (χ3n) is 10.2. The number of aromatic nitrogens is 3. The Labute approximate surface area is 401 Å². The summed E-state index contributed by atoms with van der Waals surface area (Å²) in [7, 11) is 0. The molecule has 28 nitrogen and oxygen atoms in total. The summed E-state index contributed by atoms with van der Waals surface area (Å²) >= 11 is -0.177. The number of carbonyl (C=O) groups is 13. The van der Waals surface area contributed by atoms with Gasteiger partial charge < -0.3 is 62.5 Å². The first-order chi connectivity index (χ1) is 32.9. The van der Waals surface area contributed by atoms with Crippen LogP contribution in [0.25, 0.3) is 21.9 Å². The van der Waals surface area contributed by atoms with Crippen molar-refractivity contribution in [2.45, 2.75) is 127 Å². The van der Waals surface area contributed by atoms with Crippen molar-refractivity contribution in [1.29, 1.82) is 0 Å². The second-order valence-corrected chi connectivity index (χ2v) is 16.9. The van der Waals surface area contributed by atoms with E-state index in [0.717, 1.165) is 54.7 Å². The normalized spacial score (nSPS) is 13.6. The summed E-state index contributed by atoms with van der Waals surface area (Å²) < 4.78 is 11.1. The molecule has 3 aromatic rings. The van der Waals surface area contributed by atoms with Crippen LogP contribution in [0.2, 0.25) is 0 Å². The molecule has 0 radical (unpaired) electrons. The van der Waals surface area contributed by atoms with E-state index in [1.807, 2.05) is 51.0 Å². The van der Waals surface area contributed by atoms with Gasteiger partial charge in [-0.15, -0.1) is 0 Å². The molecule has 0 unspecified atom stereocenters. The second-order valence-electron chi connectivity index (χ2n) is 15.8. The fraction of sp³-hybridized carbons (Fsp3) is 0.488. The van der Waals surface area contributed by atoms with Crippen LogP contribution < -0.4 is 31.9 Å². The van der Waals surface area contributed by atoms with Crippen molar-refractivity contribution in [1.82, 2.24) is 44.4 Å². The molecule has 29 heteroatoms. The van der Waals surface area contributed by atoms with Crippen LogP contribution in [-0.2, 0) is 68.9 Å². The standard InChI is InChI=1S/C41H51N9O19Se/c1-19(51)22(13-29(53)54)43-38(66)24(15-31(57)58)45-40(68)26(17-33(61)62)47-41(69)27(18-34(63)64)46-39(67)25(16-32(59)60)44-37(65)23(14-30(55)56)42-28(52)7-5-3-2-4-6-11-50-12-10-20-8-9-21-35(36(20)50)49-70-48-21/h8-10,12,22-27H,2-7,11,13-18H2,1H3,(H,42,52)(H,43,66)(H,44,65)(H,45,68)(H,46,67)(H,47,69)(H,53,54)(H,55,56)(H,57,58)(H,59,60)(H,61,62)(H,63,64)/t22-,23+,24-,25-,26-,27-/m0/s1. The maximum atomic E-state index is 13.4. The number of carboxylic acid groups (broad SMARTS) is 6. The molecule has 1 aromatic carbocycles. The molecule has 70 heavy (non-hydrogen) atoms. The molecular weight excluding hydrogens is 1000 g/mol. The molecule has 0 aliphatic carbocycles. The summed E-state index contributed by atoms with van der Waals surface area (Å²) in [6, 6.07) is -6.44. The Balaban J connectivity index is 1.65. The number of hydrogen-bond donors (Lipinski definition) is 12. The molecule has 0 fully saturated rings. The predicted molar refractivity (Wildman–Crippen MR) is 235 cm³/mol. The molecule has 2 heterocycles. The molecule has 6 atom stereocenters. The van der Waals surface area contributed by atoms with Gasteiger partial charge in [0.15, 0.2) is 5.78 Å². The number of ketones is 1. The number of aryl methyl sites for hydroxylation is 1. The minimum absolute atomic E-state index is 0.142. The van der Waals surface area contributed by atoms with Crippen LogP contribution in [-0.4, -0.2) is 171 Å². The van der Waals surface area contributed by atoms with E-state index in [0.29, 0.717) is 12.8 Å². The molecule has 0 spiro atoms. The van der Waals surface area contributed by atoms with Crippen molar-refractivity contribution in [3.05, 3.63) is 24.4 Å². The van der Waals surface area contributed by atoms with E-state index in [2.05, 4.69) is 17.8 Å². The first-order valence-electron chi connectivity index (χ1n) is 21.3. The number of fused-ring (bicyclic) bond motifs is 3. The number of hydrogen-bond acceptors (Lipinski definition) is 15. The third kappa shape index (κ3) is 18.7. The van der Waals surface area contributed by atoms with Gasteiger partial charge in [-0.05, 0) is 6.92 Å². The number of carbonyl (C=O) groups excluding carboxylic acids is 7. The SMILES string of the molecule is CC(=O)[C@H](CC(=O)O)NC(=O)[C@H](CC(=O)O)NC(=O)[C@H](CC(=O)O)NC(=O)[C@H](CC(=O)O)NC(=O)[C@H](CC(=O)O)NC(=O)[C@@H](CC(=O)O)NC(=O)CCCCCCCn1ccc2ccc3n[se]nc3c21. The molecule has 0 bridgehead atoms. The predicted octanol–water partition coefficient (Wildman–Crippen LogP) is -2.67. The van der Waals surface area contributed by atoms with Crippen molar-refractivity contribution >= 4 is 114 Å². The first-order valence-corrected chi connectivity index (χ1v) is 22.8. The van der Waals surface area contributed by atoms with E-state index < -0.39 is 152 Å². The zero-order chi connectivity index (χ0) is 52.2. The van der Waals surface area contributed by atoms with Crippen molar-refractivity contribution in [3.63, 3.8) is 0 Å². The quantitative estimate of drug-likeness (QED) is 0.0224. The Morgan fingerprint density at radius 1 is 0.486 bits per heavy atom. The molecule has 0 aliphatic rings. The fourth-order valence-electron chi connectivity index (χ4n) is 6.84. The molecule has 380 valence electrons. The molecule has 0 saturated heterocycles. The van der Waals surface area contributed by atoms with Gasteiger partial charge in [0.1, 0.15) is 30.2 Å². The number of Topliss-reactive ketones (excluding diaryl/α,β-unsaturated/α-hetero) is 1. The van der Waals surface area contributed by atoms with Gasteiger partial charge in [-0.25, -0.2) is 0 Å². The van der Waals surface area contributed by atoms with Crippen molar-refractivity contribution < 1.29 is 93.0 Å². The van der Waals surface area contributed by atoms with Gasteiger partial charge >= 0.3 is 161 Å². The Bertz CT molecular complexity index is 2490. The molecule has 3 rings (SSSR count). The van der Waals surface area contributed by atoms with Gasteiger partial charge in [-0.2, -0.15) is 0 Å². The van der Waals surface area contributed by atoms with Crippen LogP contribution in [0.5, 0.6) is 0 Å². The second kappa shape index (κ2) is 27.3. The average molecular weight is 1050 g/mol. The zero-order valence-corrected chi connectivity index (χ0v) is 38.9. The molecule has 0 saturated carbocycles.